The molecule has 2 fully saturated rings. The molecule has 0 saturated carbocycles. The molecule has 1 spiro atoms. The Kier molecular flexibility index (Phi) is 4.92. The number of aromatic nitrogens is 2. The predicted molar refractivity (Wildman–Crippen MR) is 118 cm³/mol. The van der Waals surface area contributed by atoms with E-state index in [4.69, 9.17) is 0 Å². The number of piperidine rings is 1. The van der Waals surface area contributed by atoms with E-state index in [2.05, 4.69) is 4.98 Å². The summed E-state index contributed by atoms with van der Waals surface area (Å²) < 4.78 is 1.82. The molecule has 2 saturated heterocycles. The van der Waals surface area contributed by atoms with E-state index in [0.29, 0.717) is 44.6 Å². The SMILES string of the molecule is CCN1C(=O)N(Cc2ccccc2)C2(CCN(C(=O)c3ccc4nccn4c3)CC2)C1=O. The van der Waals surface area contributed by atoms with Crippen molar-refractivity contribution in [3.8, 4) is 0 Å². The number of carbonyl (C=O) groups excluding carboxylic acids is 3. The standard InChI is InChI=1S/C24H25N5O3/c1-2-28-22(31)24(29(23(28)32)16-18-6-4-3-5-7-18)10-13-26(14-11-24)21(30)19-8-9-20-25-12-15-27(20)17-19/h3-9,12,15,17H,2,10-11,13-14,16H2,1H3. The number of amides is 4. The van der Waals surface area contributed by atoms with Gasteiger partial charge >= 0.3 is 6.03 Å². The van der Waals surface area contributed by atoms with Gasteiger partial charge in [-0.3, -0.25) is 14.5 Å². The topological polar surface area (TPSA) is 78.2 Å². The lowest BCUT2D eigenvalue weighted by Crippen LogP contribution is -2.57. The van der Waals surface area contributed by atoms with E-state index in [1.165, 1.54) is 4.90 Å². The van der Waals surface area contributed by atoms with Crippen LogP contribution in [0.5, 0.6) is 0 Å². The molecule has 4 heterocycles. The highest BCUT2D eigenvalue weighted by atomic mass is 16.2. The Labute approximate surface area is 186 Å². The van der Waals surface area contributed by atoms with Crippen LogP contribution in [0, 0.1) is 0 Å². The van der Waals surface area contributed by atoms with Crippen molar-refractivity contribution in [1.29, 1.82) is 0 Å². The first-order valence-electron chi connectivity index (χ1n) is 10.9. The molecule has 0 radical (unpaired) electrons. The van der Waals surface area contributed by atoms with E-state index in [1.807, 2.05) is 47.7 Å². The zero-order chi connectivity index (χ0) is 22.3. The number of imidazole rings is 1. The van der Waals surface area contributed by atoms with E-state index >= 15 is 0 Å². The van der Waals surface area contributed by atoms with Crippen LogP contribution in [-0.4, -0.2) is 67.1 Å². The van der Waals surface area contributed by atoms with Gasteiger partial charge in [0.05, 0.1) is 5.56 Å². The van der Waals surface area contributed by atoms with Gasteiger partial charge in [0.2, 0.25) is 0 Å². The summed E-state index contributed by atoms with van der Waals surface area (Å²) in [7, 11) is 0. The number of hydrogen-bond donors (Lipinski definition) is 0. The fourth-order valence-electron chi connectivity index (χ4n) is 4.84. The highest BCUT2D eigenvalue weighted by Crippen LogP contribution is 2.38. The molecular weight excluding hydrogens is 406 g/mol. The maximum atomic E-state index is 13.3. The van der Waals surface area contributed by atoms with Crippen LogP contribution in [0.3, 0.4) is 0 Å². The number of urea groups is 1. The molecule has 0 unspecified atom stereocenters. The van der Waals surface area contributed by atoms with Gasteiger partial charge in [-0.1, -0.05) is 30.3 Å². The second-order valence-corrected chi connectivity index (χ2v) is 8.34. The molecule has 0 atom stereocenters. The quantitative estimate of drug-likeness (QED) is 0.595. The number of nitrogens with zero attached hydrogens (tertiary/aromatic N) is 5. The molecular formula is C24H25N5O3. The summed E-state index contributed by atoms with van der Waals surface area (Å²) in [5.41, 5.74) is 1.45. The molecule has 2 aliphatic rings. The molecule has 2 aromatic heterocycles. The van der Waals surface area contributed by atoms with E-state index in [1.54, 1.807) is 34.5 Å². The molecule has 1 aromatic carbocycles. The zero-order valence-corrected chi connectivity index (χ0v) is 18.0. The molecule has 4 amide bonds. The molecule has 3 aromatic rings. The normalized spacial score (nSPS) is 18.2. The number of pyridine rings is 1. The number of likely N-dealkylation sites (tertiary alicyclic amines) is 1. The number of benzene rings is 1. The van der Waals surface area contributed by atoms with Gasteiger partial charge in [0, 0.05) is 44.8 Å². The molecule has 8 nitrogen and oxygen atoms in total. The Morgan fingerprint density at radius 3 is 2.53 bits per heavy atom. The third-order valence-electron chi connectivity index (χ3n) is 6.63. The maximum absolute atomic E-state index is 13.3. The monoisotopic (exact) mass is 431 g/mol. The predicted octanol–water partition coefficient (Wildman–Crippen LogP) is 2.79. The number of imide groups is 1. The fraction of sp³-hybridized carbons (Fsp3) is 0.333. The van der Waals surface area contributed by atoms with Gasteiger partial charge in [0.25, 0.3) is 11.8 Å². The molecule has 0 aliphatic carbocycles. The van der Waals surface area contributed by atoms with E-state index < -0.39 is 5.54 Å². The first-order valence-corrected chi connectivity index (χ1v) is 10.9. The molecule has 164 valence electrons. The minimum absolute atomic E-state index is 0.0748. The minimum Gasteiger partial charge on any atom is -0.338 e. The number of likely N-dealkylation sites (N-methyl/N-ethyl adjacent to an activating group) is 1. The Morgan fingerprint density at radius 1 is 1.06 bits per heavy atom. The highest BCUT2D eigenvalue weighted by molar-refractivity contribution is 6.07. The van der Waals surface area contributed by atoms with Crippen LogP contribution in [0.25, 0.3) is 5.65 Å². The van der Waals surface area contributed by atoms with Crippen LogP contribution in [0.15, 0.2) is 61.1 Å². The summed E-state index contributed by atoms with van der Waals surface area (Å²) in [5.74, 6) is -0.220. The average Bonchev–Trinajstić information content (AvgIpc) is 3.37. The molecule has 32 heavy (non-hydrogen) atoms. The smallest absolute Gasteiger partial charge is 0.327 e. The molecule has 0 bridgehead atoms. The van der Waals surface area contributed by atoms with Gasteiger partial charge in [0.15, 0.2) is 0 Å². The lowest BCUT2D eigenvalue weighted by Gasteiger charge is -2.42. The number of carbonyl (C=O) groups is 3. The Hall–Kier alpha value is -3.68. The molecule has 0 N–H and O–H groups in total. The van der Waals surface area contributed by atoms with Crippen molar-refractivity contribution in [2.75, 3.05) is 19.6 Å². The van der Waals surface area contributed by atoms with Gasteiger partial charge in [0.1, 0.15) is 11.2 Å². The van der Waals surface area contributed by atoms with E-state index in [0.717, 1.165) is 11.2 Å². The van der Waals surface area contributed by atoms with Crippen LogP contribution < -0.4 is 0 Å². The van der Waals surface area contributed by atoms with Crippen LogP contribution in [0.4, 0.5) is 4.79 Å². The lowest BCUT2D eigenvalue weighted by atomic mass is 9.85. The van der Waals surface area contributed by atoms with Crippen molar-refractivity contribution in [3.63, 3.8) is 0 Å². The van der Waals surface area contributed by atoms with Crippen LogP contribution in [0.1, 0.15) is 35.7 Å². The largest absolute Gasteiger partial charge is 0.338 e. The van der Waals surface area contributed by atoms with Crippen LogP contribution >= 0.6 is 0 Å². The summed E-state index contributed by atoms with van der Waals surface area (Å²) in [6.45, 7) is 3.39. The first-order chi connectivity index (χ1) is 15.5. The van der Waals surface area contributed by atoms with Crippen molar-refractivity contribution in [2.24, 2.45) is 0 Å². The number of rotatable bonds is 4. The first kappa shape index (κ1) is 20.2. The minimum atomic E-state index is -0.895. The third-order valence-corrected chi connectivity index (χ3v) is 6.63. The lowest BCUT2D eigenvalue weighted by molar-refractivity contribution is -0.135. The van der Waals surface area contributed by atoms with Crippen LogP contribution in [0.2, 0.25) is 0 Å². The molecule has 5 rings (SSSR count). The van der Waals surface area contributed by atoms with Crippen molar-refractivity contribution < 1.29 is 14.4 Å². The molecule has 2 aliphatic heterocycles. The summed E-state index contributed by atoms with van der Waals surface area (Å²) in [6.07, 6.45) is 6.14. The maximum Gasteiger partial charge on any atom is 0.327 e. The second-order valence-electron chi connectivity index (χ2n) is 8.34. The summed E-state index contributed by atoms with van der Waals surface area (Å²) in [5, 5.41) is 0. The van der Waals surface area contributed by atoms with E-state index in [-0.39, 0.29) is 17.8 Å². The Morgan fingerprint density at radius 2 is 1.81 bits per heavy atom. The van der Waals surface area contributed by atoms with Crippen molar-refractivity contribution in [3.05, 3.63) is 72.2 Å². The van der Waals surface area contributed by atoms with Crippen LogP contribution in [-0.2, 0) is 11.3 Å². The van der Waals surface area contributed by atoms with Crippen molar-refractivity contribution in [2.45, 2.75) is 31.8 Å². The average molecular weight is 431 g/mol. The van der Waals surface area contributed by atoms with Gasteiger partial charge in [-0.2, -0.15) is 0 Å². The van der Waals surface area contributed by atoms with Gasteiger partial charge in [-0.15, -0.1) is 0 Å². The Bertz CT molecular complexity index is 1180. The highest BCUT2D eigenvalue weighted by Gasteiger charge is 2.57. The summed E-state index contributed by atoms with van der Waals surface area (Å²) in [6, 6.07) is 13.1. The van der Waals surface area contributed by atoms with E-state index in [9.17, 15) is 14.4 Å². The summed E-state index contributed by atoms with van der Waals surface area (Å²) in [4.78, 5) is 48.6. The molecule has 8 heteroatoms. The zero-order valence-electron chi connectivity index (χ0n) is 18.0. The Balaban J connectivity index is 1.38. The van der Waals surface area contributed by atoms with Gasteiger partial charge < -0.3 is 14.2 Å². The third kappa shape index (κ3) is 3.14. The van der Waals surface area contributed by atoms with Gasteiger partial charge in [-0.25, -0.2) is 9.78 Å². The van der Waals surface area contributed by atoms with Gasteiger partial charge in [-0.05, 0) is 37.5 Å². The van der Waals surface area contributed by atoms with Crippen molar-refractivity contribution >= 4 is 23.5 Å². The summed E-state index contributed by atoms with van der Waals surface area (Å²) >= 11 is 0. The van der Waals surface area contributed by atoms with Crippen molar-refractivity contribution in [1.82, 2.24) is 24.1 Å². The second kappa shape index (κ2) is 7.78. The number of fused-ring (bicyclic) bond motifs is 1. The fourth-order valence-corrected chi connectivity index (χ4v) is 4.84. The number of hydrogen-bond acceptors (Lipinski definition) is 4.